The lowest BCUT2D eigenvalue weighted by Crippen LogP contribution is -3.00. The maximum atomic E-state index is 5.53. The molecule has 1 rings (SSSR count). The molecule has 2 N–H and O–H groups in total. The Kier molecular flexibility index (Phi) is 5.20. The zero-order valence-corrected chi connectivity index (χ0v) is 8.67. The van der Waals surface area contributed by atoms with Crippen molar-refractivity contribution in [3.8, 4) is 0 Å². The monoisotopic (exact) mass is 273 g/mol. The van der Waals surface area contributed by atoms with Gasteiger partial charge in [0.25, 0.3) is 0 Å². The first kappa shape index (κ1) is 9.94. The molecule has 1 aliphatic rings. The summed E-state index contributed by atoms with van der Waals surface area (Å²) in [5.74, 6) is 0. The van der Waals surface area contributed by atoms with Crippen LogP contribution in [-0.4, -0.2) is 22.3 Å². The van der Waals surface area contributed by atoms with E-state index in [-0.39, 0.29) is 22.4 Å². The highest BCUT2D eigenvalue weighted by atomic mass is 79.9. The fraction of sp³-hybridized carbons (Fsp3) is 0.750. The number of aliphatic imine (C=N–C) groups is 1. The predicted molar refractivity (Wildman–Crippen MR) is 41.7 cm³/mol. The average Bonchev–Trinajstić information content (AvgIpc) is 2.14. The number of halogens is 2. The molecule has 0 spiro atoms. The van der Waals surface area contributed by atoms with Crippen LogP contribution >= 0.6 is 27.7 Å². The first-order valence-electron chi connectivity index (χ1n) is 2.34. The summed E-state index contributed by atoms with van der Waals surface area (Å²) in [4.78, 5) is 4.14. The van der Waals surface area contributed by atoms with Crippen LogP contribution in [0.2, 0.25) is 0 Å². The van der Waals surface area contributed by atoms with Crippen molar-refractivity contribution in [1.82, 2.24) is 0 Å². The fourth-order valence-corrected chi connectivity index (χ4v) is 1.80. The zero-order chi connectivity index (χ0) is 5.98. The molecule has 1 atom stereocenters. The third kappa shape index (κ3) is 3.02. The molecule has 0 aromatic heterocycles. The van der Waals surface area contributed by atoms with Gasteiger partial charge in [0.2, 0.25) is 0 Å². The van der Waals surface area contributed by atoms with Gasteiger partial charge < -0.3 is 22.7 Å². The molecule has 54 valence electrons. The van der Waals surface area contributed by atoms with E-state index in [0.717, 1.165) is 16.9 Å². The standard InChI is InChI=1S/C4H7BrN2S.BrH/c5-1-4-7-2-3(6)8-4;/h3H,1-2,6H2;1H/p-1. The summed E-state index contributed by atoms with van der Waals surface area (Å²) in [7, 11) is 0. The lowest BCUT2D eigenvalue weighted by Gasteiger charge is -1.94. The minimum absolute atomic E-state index is 0. The Balaban J connectivity index is 0.000000640. The molecular weight excluding hydrogens is 268 g/mol. The Labute approximate surface area is 77.6 Å². The Morgan fingerprint density at radius 3 is 2.78 bits per heavy atom. The van der Waals surface area contributed by atoms with Gasteiger partial charge in [-0.15, -0.1) is 0 Å². The Morgan fingerprint density at radius 2 is 2.56 bits per heavy atom. The number of hydrogen-bond donors (Lipinski definition) is 1. The maximum Gasteiger partial charge on any atom is 0.0798 e. The van der Waals surface area contributed by atoms with Gasteiger partial charge in [-0.25, -0.2) is 0 Å². The van der Waals surface area contributed by atoms with Crippen molar-refractivity contribution >= 4 is 32.7 Å². The fourth-order valence-electron chi connectivity index (χ4n) is 0.515. The molecule has 1 heterocycles. The number of rotatable bonds is 1. The SMILES string of the molecule is NC1CN=C(CBr)S1.[Br-]. The lowest BCUT2D eigenvalue weighted by molar-refractivity contribution is -0.00000158. The number of nitrogens with two attached hydrogens (primary N) is 1. The summed E-state index contributed by atoms with van der Waals surface area (Å²) in [5.41, 5.74) is 5.53. The summed E-state index contributed by atoms with van der Waals surface area (Å²) in [6, 6.07) is 0. The second-order valence-corrected chi connectivity index (χ2v) is 3.40. The Morgan fingerprint density at radius 1 is 1.89 bits per heavy atom. The highest BCUT2D eigenvalue weighted by molar-refractivity contribution is 9.09. The van der Waals surface area contributed by atoms with E-state index in [1.165, 1.54) is 0 Å². The summed E-state index contributed by atoms with van der Waals surface area (Å²) < 4.78 is 0. The third-order valence-corrected chi connectivity index (χ3v) is 2.75. The highest BCUT2D eigenvalue weighted by Crippen LogP contribution is 2.17. The molecule has 0 aliphatic carbocycles. The van der Waals surface area contributed by atoms with E-state index in [1.54, 1.807) is 11.8 Å². The highest BCUT2D eigenvalue weighted by Gasteiger charge is 2.12. The van der Waals surface area contributed by atoms with Gasteiger partial charge in [0, 0.05) is 0 Å². The molecule has 2 nitrogen and oxygen atoms in total. The number of hydrogen-bond acceptors (Lipinski definition) is 3. The number of alkyl halides is 1. The quantitative estimate of drug-likeness (QED) is 0.552. The van der Waals surface area contributed by atoms with Crippen LogP contribution in [0, 0.1) is 0 Å². The molecule has 0 saturated carbocycles. The molecule has 1 aliphatic heterocycles. The first-order valence-corrected chi connectivity index (χ1v) is 4.34. The van der Waals surface area contributed by atoms with Crippen molar-refractivity contribution in [2.45, 2.75) is 5.37 Å². The molecule has 0 radical (unpaired) electrons. The minimum atomic E-state index is 0. The van der Waals surface area contributed by atoms with E-state index in [4.69, 9.17) is 5.73 Å². The smallest absolute Gasteiger partial charge is 0.0798 e. The minimum Gasteiger partial charge on any atom is -1.00 e. The molecule has 0 saturated heterocycles. The summed E-state index contributed by atoms with van der Waals surface area (Å²) in [5, 5.41) is 2.19. The molecule has 0 bridgehead atoms. The molecule has 0 amide bonds. The molecule has 5 heteroatoms. The molecule has 0 aromatic rings. The topological polar surface area (TPSA) is 38.4 Å². The molecule has 0 aromatic carbocycles. The lowest BCUT2D eigenvalue weighted by atomic mass is 10.7. The normalized spacial score (nSPS) is 25.1. The summed E-state index contributed by atoms with van der Waals surface area (Å²) in [6.07, 6.45) is 0. The van der Waals surface area contributed by atoms with E-state index >= 15 is 0 Å². The van der Waals surface area contributed by atoms with Crippen molar-refractivity contribution in [2.24, 2.45) is 10.7 Å². The van der Waals surface area contributed by atoms with E-state index in [0.29, 0.717) is 0 Å². The first-order chi connectivity index (χ1) is 3.83. The maximum absolute atomic E-state index is 5.53. The summed E-state index contributed by atoms with van der Waals surface area (Å²) >= 11 is 4.94. The van der Waals surface area contributed by atoms with E-state index in [9.17, 15) is 0 Å². The van der Waals surface area contributed by atoms with Crippen molar-refractivity contribution in [3.05, 3.63) is 0 Å². The van der Waals surface area contributed by atoms with Gasteiger partial charge in [0.05, 0.1) is 22.3 Å². The molecule has 0 fully saturated rings. The van der Waals surface area contributed by atoms with Gasteiger partial charge in [0.1, 0.15) is 0 Å². The van der Waals surface area contributed by atoms with Gasteiger partial charge in [-0.05, 0) is 0 Å². The second kappa shape index (κ2) is 4.71. The van der Waals surface area contributed by atoms with Crippen LogP contribution in [0.5, 0.6) is 0 Å². The number of thioether (sulfide) groups is 1. The predicted octanol–water partition coefficient (Wildman–Crippen LogP) is -2.18. The molecule has 1 unspecified atom stereocenters. The third-order valence-electron chi connectivity index (χ3n) is 0.849. The van der Waals surface area contributed by atoms with Gasteiger partial charge in [0.15, 0.2) is 0 Å². The van der Waals surface area contributed by atoms with E-state index < -0.39 is 0 Å². The van der Waals surface area contributed by atoms with Gasteiger partial charge >= 0.3 is 0 Å². The van der Waals surface area contributed by atoms with Crippen LogP contribution in [0.15, 0.2) is 4.99 Å². The van der Waals surface area contributed by atoms with Crippen molar-refractivity contribution in [3.63, 3.8) is 0 Å². The van der Waals surface area contributed by atoms with Gasteiger partial charge in [-0.1, -0.05) is 27.7 Å². The van der Waals surface area contributed by atoms with E-state index in [1.807, 2.05) is 0 Å². The van der Waals surface area contributed by atoms with E-state index in [2.05, 4.69) is 20.9 Å². The largest absolute Gasteiger partial charge is 1.00 e. The van der Waals surface area contributed by atoms with Crippen LogP contribution in [0.4, 0.5) is 0 Å². The van der Waals surface area contributed by atoms with Crippen molar-refractivity contribution in [1.29, 1.82) is 0 Å². The van der Waals surface area contributed by atoms with Crippen molar-refractivity contribution in [2.75, 3.05) is 11.9 Å². The van der Waals surface area contributed by atoms with Gasteiger partial charge in [-0.2, -0.15) is 0 Å². The van der Waals surface area contributed by atoms with Crippen molar-refractivity contribution < 1.29 is 17.0 Å². The number of nitrogens with zero attached hydrogens (tertiary/aromatic N) is 1. The molecule has 9 heavy (non-hydrogen) atoms. The Bertz CT molecular complexity index is 117. The Hall–Kier alpha value is 0.940. The average molecular weight is 275 g/mol. The van der Waals surface area contributed by atoms with Crippen LogP contribution in [0.3, 0.4) is 0 Å². The second-order valence-electron chi connectivity index (χ2n) is 1.52. The molecular formula is C4H7Br2N2S-. The van der Waals surface area contributed by atoms with Gasteiger partial charge in [-0.3, -0.25) is 4.99 Å². The van der Waals surface area contributed by atoms with Crippen LogP contribution in [0.25, 0.3) is 0 Å². The zero-order valence-electron chi connectivity index (χ0n) is 4.68. The van der Waals surface area contributed by atoms with Crippen LogP contribution in [-0.2, 0) is 0 Å². The summed E-state index contributed by atoms with van der Waals surface area (Å²) in [6.45, 7) is 0.783. The van der Waals surface area contributed by atoms with Crippen LogP contribution < -0.4 is 22.7 Å². The van der Waals surface area contributed by atoms with Crippen LogP contribution in [0.1, 0.15) is 0 Å².